The summed E-state index contributed by atoms with van der Waals surface area (Å²) in [7, 11) is 0. The zero-order valence-electron chi connectivity index (χ0n) is 5.76. The lowest BCUT2D eigenvalue weighted by Crippen LogP contribution is -1.96. The first kappa shape index (κ1) is 8.93. The van der Waals surface area contributed by atoms with Crippen LogP contribution in [0.5, 0.6) is 0 Å². The molecule has 0 aromatic heterocycles. The minimum Gasteiger partial charge on any atom is -0.410 e. The van der Waals surface area contributed by atoms with Crippen LogP contribution in [0.4, 0.5) is 8.78 Å². The van der Waals surface area contributed by atoms with Crippen molar-refractivity contribution in [3.8, 4) is 0 Å². The number of halogens is 3. The highest BCUT2D eigenvalue weighted by Crippen LogP contribution is 2.12. The maximum Gasteiger partial charge on any atom is 0.178 e. The van der Waals surface area contributed by atoms with Crippen LogP contribution in [0.15, 0.2) is 23.4 Å². The summed E-state index contributed by atoms with van der Waals surface area (Å²) in [5, 5.41) is 10.3. The fourth-order valence-corrected chi connectivity index (χ4v) is 0.864. The summed E-state index contributed by atoms with van der Waals surface area (Å²) in [6, 6.07) is 2.77. The van der Waals surface area contributed by atoms with Gasteiger partial charge in [-0.15, -0.1) is 0 Å². The van der Waals surface area contributed by atoms with E-state index in [4.69, 9.17) is 16.8 Å². The Kier molecular flexibility index (Phi) is 2.60. The van der Waals surface area contributed by atoms with E-state index in [2.05, 4.69) is 5.16 Å². The average Bonchev–Trinajstić information content (AvgIpc) is 2.03. The molecule has 0 aliphatic carbocycles. The predicted octanol–water partition coefficient (Wildman–Crippen LogP) is 2.34. The van der Waals surface area contributed by atoms with Crippen LogP contribution in [0.2, 0.25) is 0 Å². The van der Waals surface area contributed by atoms with Crippen molar-refractivity contribution < 1.29 is 14.0 Å². The van der Waals surface area contributed by atoms with Gasteiger partial charge < -0.3 is 5.21 Å². The molecule has 5 heteroatoms. The molecular weight excluding hydrogens is 188 g/mol. The summed E-state index contributed by atoms with van der Waals surface area (Å²) in [5.41, 5.74) is -0.138. The highest BCUT2D eigenvalue weighted by atomic mass is 35.5. The largest absolute Gasteiger partial charge is 0.410 e. The molecule has 0 heterocycles. The molecule has 0 radical (unpaired) electrons. The summed E-state index contributed by atoms with van der Waals surface area (Å²) in [4.78, 5) is 0. The van der Waals surface area contributed by atoms with Crippen LogP contribution in [0.1, 0.15) is 5.56 Å². The lowest BCUT2D eigenvalue weighted by Gasteiger charge is -1.97. The molecular formula is C7H4ClF2NO. The zero-order valence-corrected chi connectivity index (χ0v) is 6.52. The maximum atomic E-state index is 12.8. The van der Waals surface area contributed by atoms with Crippen LogP contribution in [-0.2, 0) is 0 Å². The summed E-state index contributed by atoms with van der Waals surface area (Å²) in [5.74, 6) is -1.57. The van der Waals surface area contributed by atoms with Crippen molar-refractivity contribution in [3.05, 3.63) is 35.4 Å². The Balaban J connectivity index is 3.18. The first-order valence-electron chi connectivity index (χ1n) is 2.98. The molecule has 0 atom stereocenters. The molecule has 0 spiro atoms. The molecule has 0 amide bonds. The molecule has 0 aliphatic heterocycles. The van der Waals surface area contributed by atoms with Gasteiger partial charge in [0, 0.05) is 6.07 Å². The fraction of sp³-hybridized carbons (Fsp3) is 0. The molecule has 12 heavy (non-hydrogen) atoms. The SMILES string of the molecule is O/N=C(/Cl)c1ccc(F)cc1F. The molecule has 0 fully saturated rings. The van der Waals surface area contributed by atoms with E-state index in [1.807, 2.05) is 0 Å². The van der Waals surface area contributed by atoms with Crippen LogP contribution in [0.25, 0.3) is 0 Å². The van der Waals surface area contributed by atoms with Crippen LogP contribution < -0.4 is 0 Å². The van der Waals surface area contributed by atoms with E-state index in [1.54, 1.807) is 0 Å². The van der Waals surface area contributed by atoms with Crippen molar-refractivity contribution in [3.63, 3.8) is 0 Å². The Labute approximate surface area is 72.1 Å². The molecule has 0 bridgehead atoms. The maximum absolute atomic E-state index is 12.8. The molecule has 1 N–H and O–H groups in total. The number of nitrogens with zero attached hydrogens (tertiary/aromatic N) is 1. The molecule has 0 aliphatic rings. The summed E-state index contributed by atoms with van der Waals surface area (Å²) >= 11 is 5.29. The normalized spacial score (nSPS) is 11.8. The number of rotatable bonds is 1. The second-order valence-electron chi connectivity index (χ2n) is 2.01. The number of hydrogen-bond donors (Lipinski definition) is 1. The Bertz CT molecular complexity index is 327. The Morgan fingerprint density at radius 1 is 1.42 bits per heavy atom. The van der Waals surface area contributed by atoms with Crippen LogP contribution in [-0.4, -0.2) is 10.4 Å². The minimum absolute atomic E-state index is 0.138. The van der Waals surface area contributed by atoms with Gasteiger partial charge in [-0.1, -0.05) is 16.8 Å². The van der Waals surface area contributed by atoms with Crippen LogP contribution in [0, 0.1) is 11.6 Å². The van der Waals surface area contributed by atoms with Gasteiger partial charge in [0.05, 0.1) is 5.56 Å². The van der Waals surface area contributed by atoms with E-state index >= 15 is 0 Å². The molecule has 0 saturated carbocycles. The van der Waals surface area contributed by atoms with Gasteiger partial charge in [-0.05, 0) is 12.1 Å². The van der Waals surface area contributed by atoms with Crippen molar-refractivity contribution in [2.45, 2.75) is 0 Å². The first-order chi connectivity index (χ1) is 5.65. The van der Waals surface area contributed by atoms with E-state index in [9.17, 15) is 8.78 Å². The standard InChI is InChI=1S/C7H4ClF2NO/c8-7(11-12)5-2-1-4(9)3-6(5)10/h1-3,12H/b11-7+. The first-order valence-corrected chi connectivity index (χ1v) is 3.36. The van der Waals surface area contributed by atoms with Gasteiger partial charge in [0.15, 0.2) is 5.17 Å². The highest BCUT2D eigenvalue weighted by Gasteiger charge is 2.07. The fourth-order valence-electron chi connectivity index (χ4n) is 0.711. The predicted molar refractivity (Wildman–Crippen MR) is 40.5 cm³/mol. The van der Waals surface area contributed by atoms with Crippen molar-refractivity contribution >= 4 is 16.8 Å². The van der Waals surface area contributed by atoms with Gasteiger partial charge in [0.2, 0.25) is 0 Å². The van der Waals surface area contributed by atoms with Crippen molar-refractivity contribution in [1.82, 2.24) is 0 Å². The lowest BCUT2D eigenvalue weighted by atomic mass is 10.2. The smallest absolute Gasteiger partial charge is 0.178 e. The van der Waals surface area contributed by atoms with E-state index in [0.717, 1.165) is 12.1 Å². The van der Waals surface area contributed by atoms with Gasteiger partial charge in [-0.2, -0.15) is 0 Å². The minimum atomic E-state index is -0.863. The number of benzene rings is 1. The van der Waals surface area contributed by atoms with E-state index in [-0.39, 0.29) is 5.56 Å². The van der Waals surface area contributed by atoms with E-state index in [1.165, 1.54) is 0 Å². The number of oxime groups is 1. The van der Waals surface area contributed by atoms with E-state index in [0.29, 0.717) is 6.07 Å². The third-order valence-corrected chi connectivity index (χ3v) is 1.52. The summed E-state index contributed by atoms with van der Waals surface area (Å²) in [6.07, 6.45) is 0. The van der Waals surface area contributed by atoms with Gasteiger partial charge >= 0.3 is 0 Å². The monoisotopic (exact) mass is 191 g/mol. The molecule has 0 saturated heterocycles. The Hall–Kier alpha value is -1.16. The summed E-state index contributed by atoms with van der Waals surface area (Å²) < 4.78 is 25.1. The lowest BCUT2D eigenvalue weighted by molar-refractivity contribution is 0.320. The molecule has 1 aromatic carbocycles. The van der Waals surface area contributed by atoms with Crippen molar-refractivity contribution in [2.75, 3.05) is 0 Å². The quantitative estimate of drug-likeness (QED) is 0.413. The highest BCUT2D eigenvalue weighted by molar-refractivity contribution is 6.69. The Morgan fingerprint density at radius 2 is 2.08 bits per heavy atom. The van der Waals surface area contributed by atoms with Gasteiger partial charge in [0.1, 0.15) is 11.6 Å². The van der Waals surface area contributed by atoms with Gasteiger partial charge in [-0.25, -0.2) is 8.78 Å². The molecule has 0 unspecified atom stereocenters. The second kappa shape index (κ2) is 3.49. The van der Waals surface area contributed by atoms with Gasteiger partial charge in [-0.3, -0.25) is 0 Å². The summed E-state index contributed by atoms with van der Waals surface area (Å²) in [6.45, 7) is 0. The molecule has 1 aromatic rings. The topological polar surface area (TPSA) is 32.6 Å². The Morgan fingerprint density at radius 3 is 2.58 bits per heavy atom. The number of hydrogen-bond acceptors (Lipinski definition) is 2. The van der Waals surface area contributed by atoms with Gasteiger partial charge in [0.25, 0.3) is 0 Å². The molecule has 1 rings (SSSR count). The zero-order chi connectivity index (χ0) is 9.14. The average molecular weight is 192 g/mol. The van der Waals surface area contributed by atoms with Crippen molar-refractivity contribution in [2.24, 2.45) is 5.16 Å². The third kappa shape index (κ3) is 1.71. The molecule has 64 valence electrons. The van der Waals surface area contributed by atoms with Crippen LogP contribution in [0.3, 0.4) is 0 Å². The van der Waals surface area contributed by atoms with Crippen LogP contribution >= 0.6 is 11.6 Å². The van der Waals surface area contributed by atoms with Crippen molar-refractivity contribution in [1.29, 1.82) is 0 Å². The third-order valence-electron chi connectivity index (χ3n) is 1.24. The van der Waals surface area contributed by atoms with E-state index < -0.39 is 16.8 Å². The molecule has 2 nitrogen and oxygen atoms in total. The second-order valence-corrected chi connectivity index (χ2v) is 2.37.